The highest BCUT2D eigenvalue weighted by Gasteiger charge is 2.38. The van der Waals surface area contributed by atoms with Crippen LogP contribution >= 0.6 is 11.3 Å². The van der Waals surface area contributed by atoms with Crippen LogP contribution in [0.15, 0.2) is 206 Å². The van der Waals surface area contributed by atoms with E-state index >= 15 is 0 Å². The molecule has 12 aromatic rings. The number of fused-ring (bicyclic) bond motifs is 9. The first-order valence-corrected chi connectivity index (χ1v) is 22.6. The number of nitrogens with zero attached hydrogens (tertiary/aromatic N) is 4. The molecule has 1 aliphatic carbocycles. The minimum absolute atomic E-state index is 0.00198. The standard InChI is InChI=1S/C60H40N4S/c1-60(2)51-31-12-9-24-43(51)46-28-17-30-48(54(46)60)58-61-57(38-20-7-4-8-21-38)62-59(63-58)50-36-41(64-52-32-13-10-25-44(52)45-26-11-14-33-53(45)64)35-49-47-29-16-27-42(55(47)65-56(49)50)40-23-15-22-39(34-40)37-18-5-3-6-19-37/h3-36H,1-2H3/i4D,7D,8D,20D,21D. The van der Waals surface area contributed by atoms with Crippen molar-refractivity contribution < 1.29 is 6.85 Å². The molecular weight excluding hydrogens is 809 g/mol. The molecule has 0 amide bonds. The van der Waals surface area contributed by atoms with E-state index < -0.39 is 23.5 Å². The molecule has 0 saturated heterocycles. The Balaban J connectivity index is 1.14. The first-order valence-electron chi connectivity index (χ1n) is 24.3. The summed E-state index contributed by atoms with van der Waals surface area (Å²) in [5, 5.41) is 4.34. The van der Waals surface area contributed by atoms with Gasteiger partial charge >= 0.3 is 0 Å². The van der Waals surface area contributed by atoms with Crippen molar-refractivity contribution in [3.8, 4) is 73.2 Å². The summed E-state index contributed by atoms with van der Waals surface area (Å²) in [6.45, 7) is 4.42. The molecule has 3 heterocycles. The maximum atomic E-state index is 9.18. The molecule has 65 heavy (non-hydrogen) atoms. The lowest BCUT2D eigenvalue weighted by atomic mass is 9.80. The summed E-state index contributed by atoms with van der Waals surface area (Å²) < 4.78 is 48.7. The van der Waals surface area contributed by atoms with Gasteiger partial charge in [-0.05, 0) is 74.8 Å². The number of para-hydroxylation sites is 2. The smallest absolute Gasteiger partial charge is 0.165 e. The zero-order chi connectivity index (χ0) is 47.6. The number of rotatable bonds is 6. The first-order chi connectivity index (χ1) is 34.1. The summed E-state index contributed by atoms with van der Waals surface area (Å²) in [6.07, 6.45) is 0. The summed E-state index contributed by atoms with van der Waals surface area (Å²) in [5.74, 6) is 0.668. The van der Waals surface area contributed by atoms with Crippen molar-refractivity contribution in [3.63, 3.8) is 0 Å². The fraction of sp³-hybridized carbons (Fsp3) is 0.0500. The van der Waals surface area contributed by atoms with Crippen LogP contribution in [0.2, 0.25) is 0 Å². The minimum Gasteiger partial charge on any atom is -0.309 e. The van der Waals surface area contributed by atoms with Gasteiger partial charge < -0.3 is 4.57 Å². The fourth-order valence-corrected chi connectivity index (χ4v) is 11.6. The van der Waals surface area contributed by atoms with Gasteiger partial charge in [0, 0.05) is 58.7 Å². The molecule has 0 fully saturated rings. The second-order valence-electron chi connectivity index (χ2n) is 17.2. The quantitative estimate of drug-likeness (QED) is 0.167. The van der Waals surface area contributed by atoms with Gasteiger partial charge in [-0.15, -0.1) is 11.3 Å². The largest absolute Gasteiger partial charge is 0.309 e. The third-order valence-corrected chi connectivity index (χ3v) is 14.4. The molecule has 0 N–H and O–H groups in total. The Morgan fingerprint density at radius 3 is 1.80 bits per heavy atom. The minimum atomic E-state index is -0.482. The van der Waals surface area contributed by atoms with Gasteiger partial charge in [0.05, 0.1) is 17.9 Å². The summed E-state index contributed by atoms with van der Waals surface area (Å²) in [4.78, 5) is 15.8. The second kappa shape index (κ2) is 14.5. The number of benzene rings is 9. The third kappa shape index (κ3) is 5.86. The van der Waals surface area contributed by atoms with Crippen molar-refractivity contribution >= 4 is 53.3 Å². The highest BCUT2D eigenvalue weighted by Crippen LogP contribution is 2.52. The lowest BCUT2D eigenvalue weighted by Crippen LogP contribution is -2.17. The number of aromatic nitrogens is 4. The Kier molecular flexibility index (Phi) is 7.30. The molecule has 306 valence electrons. The highest BCUT2D eigenvalue weighted by molar-refractivity contribution is 7.26. The van der Waals surface area contributed by atoms with Crippen LogP contribution in [-0.4, -0.2) is 19.5 Å². The van der Waals surface area contributed by atoms with Gasteiger partial charge in [-0.1, -0.05) is 190 Å². The van der Waals surface area contributed by atoms with E-state index in [1.54, 1.807) is 11.3 Å². The van der Waals surface area contributed by atoms with Crippen molar-refractivity contribution in [1.29, 1.82) is 0 Å². The average molecular weight is 854 g/mol. The van der Waals surface area contributed by atoms with Crippen LogP contribution in [0.3, 0.4) is 0 Å². The molecule has 0 atom stereocenters. The predicted molar refractivity (Wildman–Crippen MR) is 272 cm³/mol. The van der Waals surface area contributed by atoms with Crippen LogP contribution in [0.1, 0.15) is 31.8 Å². The van der Waals surface area contributed by atoms with Crippen molar-refractivity contribution in [2.75, 3.05) is 0 Å². The van der Waals surface area contributed by atoms with Crippen LogP contribution < -0.4 is 0 Å². The van der Waals surface area contributed by atoms with E-state index in [0.29, 0.717) is 11.6 Å². The second-order valence-corrected chi connectivity index (χ2v) is 18.2. The van der Waals surface area contributed by atoms with Crippen LogP contribution in [0.25, 0.3) is 115 Å². The van der Waals surface area contributed by atoms with Gasteiger partial charge in [0.15, 0.2) is 17.5 Å². The van der Waals surface area contributed by atoms with E-state index in [4.69, 9.17) is 19.1 Å². The SMILES string of the molecule is [2H]c1c([2H])c([2H])c(-c2nc(-c3cccc4c3C(C)(C)c3ccccc3-4)nc(-c3cc(-n4c5ccccc5c5ccccc54)cc4c3sc3c(-c5cccc(-c6ccccc6)c5)cccc34)n2)c([2H])c1[2H]. The maximum Gasteiger partial charge on any atom is 0.165 e. The molecule has 0 bridgehead atoms. The molecule has 0 radical (unpaired) electrons. The van der Waals surface area contributed by atoms with Crippen LogP contribution in [0, 0.1) is 0 Å². The highest BCUT2D eigenvalue weighted by atomic mass is 32.1. The number of hydrogen-bond donors (Lipinski definition) is 0. The number of hydrogen-bond acceptors (Lipinski definition) is 4. The van der Waals surface area contributed by atoms with E-state index in [-0.39, 0.29) is 23.5 Å². The predicted octanol–water partition coefficient (Wildman–Crippen LogP) is 16.0. The van der Waals surface area contributed by atoms with Gasteiger partial charge in [-0.25, -0.2) is 15.0 Å². The summed E-state index contributed by atoms with van der Waals surface area (Å²) in [5.41, 5.74) is 12.9. The first kappa shape index (κ1) is 32.7. The molecule has 0 saturated carbocycles. The average Bonchev–Trinajstić information content (AvgIpc) is 4.03. The monoisotopic (exact) mass is 853 g/mol. The molecule has 0 spiro atoms. The van der Waals surface area contributed by atoms with E-state index in [1.165, 1.54) is 5.56 Å². The van der Waals surface area contributed by atoms with Crippen LogP contribution in [0.5, 0.6) is 0 Å². The lowest BCUT2D eigenvalue weighted by Gasteiger charge is -2.24. The summed E-state index contributed by atoms with van der Waals surface area (Å²) >= 11 is 1.68. The molecule has 4 nitrogen and oxygen atoms in total. The summed E-state index contributed by atoms with van der Waals surface area (Å²) in [6, 6.07) is 59.3. The number of thiophene rings is 1. The lowest BCUT2D eigenvalue weighted by molar-refractivity contribution is 0.661. The van der Waals surface area contributed by atoms with E-state index in [2.05, 4.69) is 176 Å². The third-order valence-electron chi connectivity index (χ3n) is 13.1. The van der Waals surface area contributed by atoms with Gasteiger partial charge in [-0.2, -0.15) is 0 Å². The van der Waals surface area contributed by atoms with Crippen molar-refractivity contribution in [2.24, 2.45) is 0 Å². The molecule has 13 rings (SSSR count). The normalized spacial score (nSPS) is 14.0. The summed E-state index contributed by atoms with van der Waals surface area (Å²) in [7, 11) is 0. The van der Waals surface area contributed by atoms with Crippen LogP contribution in [0.4, 0.5) is 0 Å². The van der Waals surface area contributed by atoms with Crippen molar-refractivity contribution in [1.82, 2.24) is 19.5 Å². The van der Waals surface area contributed by atoms with Gasteiger partial charge in [-0.3, -0.25) is 0 Å². The molecule has 0 aliphatic heterocycles. The topological polar surface area (TPSA) is 43.6 Å². The van der Waals surface area contributed by atoms with Crippen molar-refractivity contribution in [2.45, 2.75) is 19.3 Å². The molecule has 3 aromatic heterocycles. The molecular formula is C60H40N4S. The molecule has 9 aromatic carbocycles. The van der Waals surface area contributed by atoms with E-state index in [1.807, 2.05) is 18.2 Å². The zero-order valence-electron chi connectivity index (χ0n) is 40.4. The molecule has 1 aliphatic rings. The Morgan fingerprint density at radius 1 is 0.431 bits per heavy atom. The van der Waals surface area contributed by atoms with E-state index in [9.17, 15) is 2.74 Å². The molecule has 5 heteroatoms. The van der Waals surface area contributed by atoms with Gasteiger partial charge in [0.2, 0.25) is 0 Å². The Hall–Kier alpha value is -7.99. The van der Waals surface area contributed by atoms with E-state index in [0.717, 1.165) is 97.7 Å². The zero-order valence-corrected chi connectivity index (χ0v) is 36.3. The van der Waals surface area contributed by atoms with Crippen LogP contribution in [-0.2, 0) is 5.41 Å². The Labute approximate surface area is 387 Å². The van der Waals surface area contributed by atoms with Gasteiger partial charge in [0.25, 0.3) is 0 Å². The Morgan fingerprint density at radius 2 is 1.00 bits per heavy atom. The van der Waals surface area contributed by atoms with Crippen molar-refractivity contribution in [3.05, 3.63) is 217 Å². The fourth-order valence-electron chi connectivity index (χ4n) is 10.2. The maximum absolute atomic E-state index is 9.18. The van der Waals surface area contributed by atoms with Gasteiger partial charge in [0.1, 0.15) is 0 Å². The molecule has 0 unspecified atom stereocenters. The Bertz CT molecular complexity index is 4090.